The Kier molecular flexibility index (Phi) is 5.48. The smallest absolute Gasteiger partial charge is 0.263 e. The van der Waals surface area contributed by atoms with Crippen LogP contribution < -0.4 is 4.74 Å². The largest absolute Gasteiger partial charge is 0.481 e. The molecule has 0 radical (unpaired) electrons. The molecule has 0 bridgehead atoms. The second-order valence-electron chi connectivity index (χ2n) is 5.32. The second-order valence-corrected chi connectivity index (χ2v) is 5.70. The Hall–Kier alpha value is -1.26. The molecule has 5 heteroatoms. The number of carbonyl (C=O) groups is 1. The summed E-state index contributed by atoms with van der Waals surface area (Å²) in [5.41, 5.74) is 1.92. The minimum Gasteiger partial charge on any atom is -0.481 e. The molecule has 0 saturated carbocycles. The van der Waals surface area contributed by atoms with Gasteiger partial charge in [0.2, 0.25) is 0 Å². The first-order chi connectivity index (χ1) is 10.0. The quantitative estimate of drug-likeness (QED) is 0.858. The van der Waals surface area contributed by atoms with E-state index in [0.717, 1.165) is 16.1 Å². The molecule has 116 valence electrons. The van der Waals surface area contributed by atoms with Gasteiger partial charge in [-0.15, -0.1) is 0 Å². The van der Waals surface area contributed by atoms with E-state index in [9.17, 15) is 4.79 Å². The van der Waals surface area contributed by atoms with Gasteiger partial charge in [0.15, 0.2) is 6.10 Å². The Balaban J connectivity index is 2.09. The molecule has 0 spiro atoms. The van der Waals surface area contributed by atoms with Crippen LogP contribution in [0, 0.1) is 13.8 Å². The number of rotatable bonds is 4. The predicted molar refractivity (Wildman–Crippen MR) is 83.0 cm³/mol. The first-order valence-electron chi connectivity index (χ1n) is 7.33. The van der Waals surface area contributed by atoms with Gasteiger partial charge in [-0.05, 0) is 43.5 Å². The summed E-state index contributed by atoms with van der Waals surface area (Å²) < 4.78 is 11.2. The topological polar surface area (TPSA) is 38.8 Å². The molecule has 0 unspecified atom stereocenters. The Morgan fingerprint density at radius 3 is 2.43 bits per heavy atom. The van der Waals surface area contributed by atoms with Gasteiger partial charge in [0, 0.05) is 18.1 Å². The minimum atomic E-state index is -0.455. The fourth-order valence-electron chi connectivity index (χ4n) is 2.43. The average molecular weight is 312 g/mol. The fraction of sp³-hybridized carbons (Fsp3) is 0.562. The van der Waals surface area contributed by atoms with E-state index in [-0.39, 0.29) is 5.91 Å². The lowest BCUT2D eigenvalue weighted by Crippen LogP contribution is -2.47. The molecule has 0 aromatic heterocycles. The lowest BCUT2D eigenvalue weighted by atomic mass is 10.1. The van der Waals surface area contributed by atoms with E-state index in [0.29, 0.717) is 38.5 Å². The van der Waals surface area contributed by atoms with Crippen molar-refractivity contribution < 1.29 is 14.3 Å². The monoisotopic (exact) mass is 311 g/mol. The van der Waals surface area contributed by atoms with Crippen LogP contribution in [-0.4, -0.2) is 43.2 Å². The molecular formula is C16H22ClNO3. The van der Waals surface area contributed by atoms with Crippen molar-refractivity contribution in [2.24, 2.45) is 0 Å². The molecule has 1 aromatic carbocycles. The van der Waals surface area contributed by atoms with E-state index in [4.69, 9.17) is 21.1 Å². The molecule has 1 aliphatic heterocycles. The Morgan fingerprint density at radius 2 is 1.90 bits per heavy atom. The van der Waals surface area contributed by atoms with Crippen LogP contribution in [-0.2, 0) is 9.53 Å². The van der Waals surface area contributed by atoms with E-state index < -0.39 is 6.10 Å². The third kappa shape index (κ3) is 3.89. The van der Waals surface area contributed by atoms with E-state index >= 15 is 0 Å². The molecule has 2 rings (SSSR count). The summed E-state index contributed by atoms with van der Waals surface area (Å²) >= 11 is 6.16. The Labute approximate surface area is 131 Å². The van der Waals surface area contributed by atoms with Crippen LogP contribution in [0.3, 0.4) is 0 Å². The number of morpholine rings is 1. The maximum Gasteiger partial charge on any atom is 0.263 e. The van der Waals surface area contributed by atoms with Crippen molar-refractivity contribution in [1.82, 2.24) is 4.90 Å². The van der Waals surface area contributed by atoms with Crippen LogP contribution in [0.5, 0.6) is 5.75 Å². The summed E-state index contributed by atoms with van der Waals surface area (Å²) in [5.74, 6) is 0.730. The number of halogens is 1. The summed E-state index contributed by atoms with van der Waals surface area (Å²) in [7, 11) is 0. The zero-order chi connectivity index (χ0) is 15.4. The van der Waals surface area contributed by atoms with Crippen molar-refractivity contribution in [3.05, 3.63) is 28.3 Å². The standard InChI is InChI=1S/C16H22ClNO3/c1-4-14(16(19)18-5-7-20-8-6-18)21-13-9-11(2)15(17)12(3)10-13/h9-10,14H,4-8H2,1-3H3/t14-/m1/s1. The van der Waals surface area contributed by atoms with Gasteiger partial charge < -0.3 is 14.4 Å². The van der Waals surface area contributed by atoms with Gasteiger partial charge in [-0.25, -0.2) is 0 Å². The summed E-state index contributed by atoms with van der Waals surface area (Å²) in [5, 5.41) is 0.745. The number of amides is 1. The van der Waals surface area contributed by atoms with E-state index in [1.165, 1.54) is 0 Å². The second kappa shape index (κ2) is 7.14. The number of aryl methyl sites for hydroxylation is 2. The molecule has 1 aromatic rings. The van der Waals surface area contributed by atoms with Gasteiger partial charge in [0.25, 0.3) is 5.91 Å². The Morgan fingerprint density at radius 1 is 1.33 bits per heavy atom. The number of nitrogens with zero attached hydrogens (tertiary/aromatic N) is 1. The third-order valence-corrected chi connectivity index (χ3v) is 4.25. The summed E-state index contributed by atoms with van der Waals surface area (Å²) in [4.78, 5) is 14.3. The number of hydrogen-bond acceptors (Lipinski definition) is 3. The number of hydrogen-bond donors (Lipinski definition) is 0. The minimum absolute atomic E-state index is 0.0334. The molecule has 1 aliphatic rings. The lowest BCUT2D eigenvalue weighted by Gasteiger charge is -2.30. The van der Waals surface area contributed by atoms with Crippen LogP contribution >= 0.6 is 11.6 Å². The van der Waals surface area contributed by atoms with Gasteiger partial charge in [0.05, 0.1) is 13.2 Å². The van der Waals surface area contributed by atoms with Crippen molar-refractivity contribution in [2.75, 3.05) is 26.3 Å². The number of ether oxygens (including phenoxy) is 2. The maximum absolute atomic E-state index is 12.5. The van der Waals surface area contributed by atoms with Crippen LogP contribution in [0.2, 0.25) is 5.02 Å². The number of carbonyl (C=O) groups excluding carboxylic acids is 1. The normalized spacial score (nSPS) is 16.7. The average Bonchev–Trinajstić information content (AvgIpc) is 2.50. The first kappa shape index (κ1) is 16.1. The van der Waals surface area contributed by atoms with Gasteiger partial charge >= 0.3 is 0 Å². The van der Waals surface area contributed by atoms with Crippen molar-refractivity contribution in [3.8, 4) is 5.75 Å². The highest BCUT2D eigenvalue weighted by Crippen LogP contribution is 2.27. The highest BCUT2D eigenvalue weighted by Gasteiger charge is 2.26. The molecular weight excluding hydrogens is 290 g/mol. The van der Waals surface area contributed by atoms with Gasteiger partial charge in [-0.3, -0.25) is 4.79 Å². The molecule has 4 nitrogen and oxygen atoms in total. The maximum atomic E-state index is 12.5. The van der Waals surface area contributed by atoms with Crippen LogP contribution in [0.25, 0.3) is 0 Å². The molecule has 1 fully saturated rings. The van der Waals surface area contributed by atoms with Crippen molar-refractivity contribution in [2.45, 2.75) is 33.3 Å². The van der Waals surface area contributed by atoms with Gasteiger partial charge in [0.1, 0.15) is 5.75 Å². The van der Waals surface area contributed by atoms with Crippen LogP contribution in [0.1, 0.15) is 24.5 Å². The van der Waals surface area contributed by atoms with Crippen LogP contribution in [0.4, 0.5) is 0 Å². The fourth-order valence-corrected chi connectivity index (χ4v) is 2.54. The van der Waals surface area contributed by atoms with Crippen molar-refractivity contribution in [3.63, 3.8) is 0 Å². The van der Waals surface area contributed by atoms with E-state index in [1.54, 1.807) is 0 Å². The summed E-state index contributed by atoms with van der Waals surface area (Å²) in [6.45, 7) is 8.30. The molecule has 1 atom stereocenters. The molecule has 1 amide bonds. The Bertz CT molecular complexity index is 489. The molecule has 1 heterocycles. The highest BCUT2D eigenvalue weighted by atomic mass is 35.5. The third-order valence-electron chi connectivity index (χ3n) is 3.66. The van der Waals surface area contributed by atoms with Crippen LogP contribution in [0.15, 0.2) is 12.1 Å². The number of benzene rings is 1. The summed E-state index contributed by atoms with van der Waals surface area (Å²) in [6, 6.07) is 3.76. The van der Waals surface area contributed by atoms with Crippen molar-refractivity contribution >= 4 is 17.5 Å². The lowest BCUT2D eigenvalue weighted by molar-refractivity contribution is -0.142. The van der Waals surface area contributed by atoms with Crippen molar-refractivity contribution in [1.29, 1.82) is 0 Å². The molecule has 21 heavy (non-hydrogen) atoms. The molecule has 1 saturated heterocycles. The zero-order valence-corrected chi connectivity index (χ0v) is 13.6. The van der Waals surface area contributed by atoms with Gasteiger partial charge in [-0.1, -0.05) is 18.5 Å². The van der Waals surface area contributed by atoms with E-state index in [2.05, 4.69) is 0 Å². The highest BCUT2D eigenvalue weighted by molar-refractivity contribution is 6.32. The first-order valence-corrected chi connectivity index (χ1v) is 7.70. The predicted octanol–water partition coefficient (Wildman–Crippen LogP) is 2.97. The SMILES string of the molecule is CC[C@@H](Oc1cc(C)c(Cl)c(C)c1)C(=O)N1CCOCC1. The molecule has 0 aliphatic carbocycles. The van der Waals surface area contributed by atoms with E-state index in [1.807, 2.05) is 37.8 Å². The molecule has 0 N–H and O–H groups in total. The van der Waals surface area contributed by atoms with Gasteiger partial charge in [-0.2, -0.15) is 0 Å². The zero-order valence-electron chi connectivity index (χ0n) is 12.8. The summed E-state index contributed by atoms with van der Waals surface area (Å²) in [6.07, 6.45) is 0.180.